The summed E-state index contributed by atoms with van der Waals surface area (Å²) in [6, 6.07) is 11.2. The number of nitrogens with one attached hydrogen (secondary N) is 1. The number of carbonyl (C=O) groups excluding carboxylic acids is 3. The van der Waals surface area contributed by atoms with E-state index in [-0.39, 0.29) is 21.9 Å². The Morgan fingerprint density at radius 1 is 0.906 bits per heavy atom. The van der Waals surface area contributed by atoms with Gasteiger partial charge in [0.05, 0.1) is 30.4 Å². The van der Waals surface area contributed by atoms with Crippen LogP contribution in [0.3, 0.4) is 0 Å². The molecule has 0 unspecified atom stereocenters. The van der Waals surface area contributed by atoms with Gasteiger partial charge in [-0.1, -0.05) is 29.3 Å². The molecule has 9 heteroatoms. The number of allylic oxidation sites excluding steroid dienone is 2. The van der Waals surface area contributed by atoms with Crippen molar-refractivity contribution in [3.05, 3.63) is 93.8 Å². The minimum absolute atomic E-state index is 0.00548. The monoisotopic (exact) mass is 472 g/mol. The molecule has 0 bridgehead atoms. The summed E-state index contributed by atoms with van der Waals surface area (Å²) in [5.74, 6) is -1.79. The molecular weight excluding hydrogens is 455 g/mol. The van der Waals surface area contributed by atoms with E-state index in [4.69, 9.17) is 32.7 Å². The molecule has 0 saturated carbocycles. The van der Waals surface area contributed by atoms with E-state index in [2.05, 4.69) is 5.32 Å². The topological polar surface area (TPSA) is 84.9 Å². The van der Waals surface area contributed by atoms with Gasteiger partial charge in [-0.2, -0.15) is 0 Å². The Labute approximate surface area is 194 Å². The third kappa shape index (κ3) is 5.01. The first-order valence-electron chi connectivity index (χ1n) is 9.27. The zero-order valence-corrected chi connectivity index (χ0v) is 18.6. The van der Waals surface area contributed by atoms with Crippen LogP contribution in [0.4, 0.5) is 11.4 Å². The number of anilines is 2. The van der Waals surface area contributed by atoms with Crippen molar-refractivity contribution in [2.24, 2.45) is 0 Å². The van der Waals surface area contributed by atoms with Crippen LogP contribution in [0, 0.1) is 0 Å². The molecule has 1 aliphatic heterocycles. The summed E-state index contributed by atoms with van der Waals surface area (Å²) in [4.78, 5) is 38.7. The molecular formula is C23H18Cl2N2O5. The molecule has 2 aromatic carbocycles. The van der Waals surface area contributed by atoms with Crippen molar-refractivity contribution in [1.29, 1.82) is 0 Å². The molecule has 0 aromatic heterocycles. The Kier molecular flexibility index (Phi) is 7.35. The number of rotatable bonds is 5. The summed E-state index contributed by atoms with van der Waals surface area (Å²) in [5.41, 5.74) is 1.36. The lowest BCUT2D eigenvalue weighted by molar-refractivity contribution is -0.139. The van der Waals surface area contributed by atoms with E-state index in [0.29, 0.717) is 16.4 Å². The Morgan fingerprint density at radius 2 is 1.59 bits per heavy atom. The molecule has 0 fully saturated rings. The average Bonchev–Trinajstić information content (AvgIpc) is 3.01. The fourth-order valence-electron chi connectivity index (χ4n) is 2.94. The van der Waals surface area contributed by atoms with Crippen LogP contribution in [0.2, 0.25) is 10.0 Å². The Bertz CT molecular complexity index is 1150. The predicted octanol–water partition coefficient (Wildman–Crippen LogP) is 4.74. The standard InChI is InChI=1S/C23H18Cl2N2O5/c1-31-22(29)18-5-3-4-12-27(20(18)23(30)32-2)16-9-7-15(8-10-16)26-21(28)17-11-6-14(24)13-19(17)25/h3-13H,1-2H3,(H,26,28). The molecule has 32 heavy (non-hydrogen) atoms. The number of hydrogen-bond acceptors (Lipinski definition) is 6. The highest BCUT2D eigenvalue weighted by molar-refractivity contribution is 6.37. The lowest BCUT2D eigenvalue weighted by Crippen LogP contribution is -2.26. The molecule has 3 rings (SSSR count). The van der Waals surface area contributed by atoms with Crippen LogP contribution in [0.1, 0.15) is 10.4 Å². The number of nitrogens with zero attached hydrogens (tertiary/aromatic N) is 1. The normalized spacial score (nSPS) is 12.9. The van der Waals surface area contributed by atoms with Crippen LogP contribution in [0.5, 0.6) is 0 Å². The molecule has 1 heterocycles. The van der Waals surface area contributed by atoms with Gasteiger partial charge in [-0.15, -0.1) is 0 Å². The largest absolute Gasteiger partial charge is 0.465 e. The molecule has 0 radical (unpaired) electrons. The highest BCUT2D eigenvalue weighted by Crippen LogP contribution is 2.28. The van der Waals surface area contributed by atoms with E-state index < -0.39 is 17.8 Å². The smallest absolute Gasteiger partial charge is 0.355 e. The summed E-state index contributed by atoms with van der Waals surface area (Å²) in [6.07, 6.45) is 6.36. The van der Waals surface area contributed by atoms with E-state index in [0.717, 1.165) is 0 Å². The van der Waals surface area contributed by atoms with Crippen molar-refractivity contribution in [1.82, 2.24) is 0 Å². The highest BCUT2D eigenvalue weighted by Gasteiger charge is 2.27. The van der Waals surface area contributed by atoms with E-state index in [9.17, 15) is 14.4 Å². The summed E-state index contributed by atoms with van der Waals surface area (Å²) >= 11 is 12.0. The quantitative estimate of drug-likeness (QED) is 0.632. The third-order valence-electron chi connectivity index (χ3n) is 4.47. The summed E-state index contributed by atoms with van der Waals surface area (Å²) in [6.45, 7) is 0. The SMILES string of the molecule is COC(=O)C1=C(C(=O)OC)N(c2ccc(NC(=O)c3ccc(Cl)cc3Cl)cc2)C=CC=C1. The number of carbonyl (C=O) groups is 3. The first-order chi connectivity index (χ1) is 15.3. The van der Waals surface area contributed by atoms with Gasteiger partial charge in [0.15, 0.2) is 0 Å². The summed E-state index contributed by atoms with van der Waals surface area (Å²) in [7, 11) is 2.45. The van der Waals surface area contributed by atoms with Gasteiger partial charge in [-0.25, -0.2) is 9.59 Å². The number of amides is 1. The minimum Gasteiger partial charge on any atom is -0.465 e. The molecule has 0 spiro atoms. The highest BCUT2D eigenvalue weighted by atomic mass is 35.5. The lowest BCUT2D eigenvalue weighted by Gasteiger charge is -2.23. The van der Waals surface area contributed by atoms with Crippen LogP contribution < -0.4 is 10.2 Å². The maximum atomic E-state index is 12.5. The van der Waals surface area contributed by atoms with Gasteiger partial charge in [0.2, 0.25) is 0 Å². The number of ether oxygens (including phenoxy) is 2. The third-order valence-corrected chi connectivity index (χ3v) is 5.02. The molecule has 0 atom stereocenters. The molecule has 1 N–H and O–H groups in total. The molecule has 2 aromatic rings. The van der Waals surface area contributed by atoms with Crippen LogP contribution in [-0.4, -0.2) is 32.1 Å². The van der Waals surface area contributed by atoms with Crippen LogP contribution in [0.25, 0.3) is 0 Å². The fourth-order valence-corrected chi connectivity index (χ4v) is 3.44. The second-order valence-electron chi connectivity index (χ2n) is 6.44. The van der Waals surface area contributed by atoms with Crippen molar-refractivity contribution in [2.45, 2.75) is 0 Å². The van der Waals surface area contributed by atoms with Gasteiger partial charge in [-0.05, 0) is 54.6 Å². The first kappa shape index (κ1) is 23.1. The predicted molar refractivity (Wildman–Crippen MR) is 123 cm³/mol. The average molecular weight is 473 g/mol. The number of methoxy groups -OCH3 is 2. The van der Waals surface area contributed by atoms with Gasteiger partial charge in [0.1, 0.15) is 5.70 Å². The number of esters is 2. The number of halogens is 2. The number of benzene rings is 2. The van der Waals surface area contributed by atoms with Crippen molar-refractivity contribution in [3.63, 3.8) is 0 Å². The van der Waals surface area contributed by atoms with E-state index >= 15 is 0 Å². The molecule has 1 aliphatic rings. The molecule has 0 aliphatic carbocycles. The lowest BCUT2D eigenvalue weighted by atomic mass is 10.1. The van der Waals surface area contributed by atoms with Gasteiger partial charge < -0.3 is 19.7 Å². The van der Waals surface area contributed by atoms with Gasteiger partial charge >= 0.3 is 11.9 Å². The van der Waals surface area contributed by atoms with E-state index in [1.165, 1.54) is 37.3 Å². The molecule has 7 nitrogen and oxygen atoms in total. The van der Waals surface area contributed by atoms with Crippen molar-refractivity contribution < 1.29 is 23.9 Å². The van der Waals surface area contributed by atoms with Crippen LogP contribution in [-0.2, 0) is 19.1 Å². The second kappa shape index (κ2) is 10.2. The molecule has 0 saturated heterocycles. The fraction of sp³-hybridized carbons (Fsp3) is 0.0870. The van der Waals surface area contributed by atoms with Crippen molar-refractivity contribution >= 4 is 52.4 Å². The van der Waals surface area contributed by atoms with Crippen LogP contribution in [0.15, 0.2) is 78.2 Å². The van der Waals surface area contributed by atoms with E-state index in [1.807, 2.05) is 0 Å². The van der Waals surface area contributed by atoms with Gasteiger partial charge in [0, 0.05) is 22.6 Å². The van der Waals surface area contributed by atoms with Gasteiger partial charge in [-0.3, -0.25) is 4.79 Å². The van der Waals surface area contributed by atoms with Crippen LogP contribution >= 0.6 is 23.2 Å². The first-order valence-corrected chi connectivity index (χ1v) is 10.0. The number of hydrogen-bond donors (Lipinski definition) is 1. The Morgan fingerprint density at radius 3 is 2.22 bits per heavy atom. The zero-order valence-electron chi connectivity index (χ0n) is 17.1. The molecule has 1 amide bonds. The Balaban J connectivity index is 1.90. The summed E-state index contributed by atoms with van der Waals surface area (Å²) < 4.78 is 9.67. The maximum absolute atomic E-state index is 12.5. The van der Waals surface area contributed by atoms with Crippen molar-refractivity contribution in [3.8, 4) is 0 Å². The maximum Gasteiger partial charge on any atom is 0.355 e. The molecule has 164 valence electrons. The van der Waals surface area contributed by atoms with Crippen molar-refractivity contribution in [2.75, 3.05) is 24.4 Å². The zero-order chi connectivity index (χ0) is 23.3. The Hall–Kier alpha value is -3.55. The summed E-state index contributed by atoms with van der Waals surface area (Å²) in [5, 5.41) is 3.41. The minimum atomic E-state index is -0.712. The van der Waals surface area contributed by atoms with E-state index in [1.54, 1.807) is 48.7 Å². The second-order valence-corrected chi connectivity index (χ2v) is 7.28. The van der Waals surface area contributed by atoms with Gasteiger partial charge in [0.25, 0.3) is 5.91 Å².